The number of aryl methyl sites for hydroxylation is 3. The summed E-state index contributed by atoms with van der Waals surface area (Å²) in [6.07, 6.45) is 0.929. The molecule has 3 nitrogen and oxygen atoms in total. The first-order valence-electron chi connectivity index (χ1n) is 7.83. The van der Waals surface area contributed by atoms with E-state index in [4.69, 9.17) is 4.74 Å². The van der Waals surface area contributed by atoms with E-state index in [9.17, 15) is 0 Å². The van der Waals surface area contributed by atoms with Gasteiger partial charge in [0, 0.05) is 6.42 Å². The van der Waals surface area contributed by atoms with Gasteiger partial charge in [0.05, 0.1) is 17.6 Å². The molecule has 22 heavy (non-hydrogen) atoms. The number of imidazole rings is 1. The minimum absolute atomic E-state index is 0.649. The van der Waals surface area contributed by atoms with E-state index in [0.717, 1.165) is 30.1 Å². The first kappa shape index (κ1) is 14.6. The average Bonchev–Trinajstić information content (AvgIpc) is 2.89. The zero-order chi connectivity index (χ0) is 15.5. The molecule has 0 bridgehead atoms. The number of ether oxygens (including phenoxy) is 1. The number of nitrogens with zero attached hydrogens (tertiary/aromatic N) is 2. The first-order chi connectivity index (χ1) is 10.7. The Hall–Kier alpha value is -2.29. The lowest BCUT2D eigenvalue weighted by Gasteiger charge is -2.11. The molecule has 0 aliphatic heterocycles. The fraction of sp³-hybridized carbons (Fsp3) is 0.316. The Bertz CT molecular complexity index is 789. The maximum Gasteiger partial charge on any atom is 0.119 e. The van der Waals surface area contributed by atoms with Crippen LogP contribution in [-0.2, 0) is 13.0 Å². The topological polar surface area (TPSA) is 27.1 Å². The smallest absolute Gasteiger partial charge is 0.119 e. The van der Waals surface area contributed by atoms with Crippen LogP contribution in [0.3, 0.4) is 0 Å². The summed E-state index contributed by atoms with van der Waals surface area (Å²) in [5.74, 6) is 2.05. The van der Waals surface area contributed by atoms with Crippen molar-refractivity contribution < 1.29 is 4.74 Å². The third-order valence-electron chi connectivity index (χ3n) is 4.11. The Labute approximate surface area is 131 Å². The fourth-order valence-corrected chi connectivity index (χ4v) is 2.70. The average molecular weight is 294 g/mol. The van der Waals surface area contributed by atoms with Crippen LogP contribution < -0.4 is 4.74 Å². The lowest BCUT2D eigenvalue weighted by molar-refractivity contribution is 0.298. The molecule has 0 aliphatic rings. The van der Waals surface area contributed by atoms with Crippen LogP contribution >= 0.6 is 0 Å². The van der Waals surface area contributed by atoms with Crippen molar-refractivity contribution in [3.63, 3.8) is 0 Å². The van der Waals surface area contributed by atoms with Crippen LogP contribution in [0.25, 0.3) is 11.0 Å². The van der Waals surface area contributed by atoms with Crippen molar-refractivity contribution in [2.45, 2.75) is 33.7 Å². The third kappa shape index (κ3) is 2.84. The molecule has 1 heterocycles. The van der Waals surface area contributed by atoms with Crippen molar-refractivity contribution in [2.24, 2.45) is 0 Å². The van der Waals surface area contributed by atoms with Crippen LogP contribution in [0.15, 0.2) is 42.5 Å². The van der Waals surface area contributed by atoms with Gasteiger partial charge in [-0.05, 0) is 49.2 Å². The molecule has 3 heteroatoms. The highest BCUT2D eigenvalue weighted by atomic mass is 16.5. The Kier molecular flexibility index (Phi) is 4.14. The second-order valence-electron chi connectivity index (χ2n) is 5.62. The standard InChI is InChI=1S/C19H22N2O/c1-4-19-20-17-7-5-6-8-18(17)21(19)11-12-22-16-10-9-14(2)15(3)13-16/h5-10,13H,4,11-12H2,1-3H3. The monoisotopic (exact) mass is 294 g/mol. The Morgan fingerprint density at radius 1 is 1.05 bits per heavy atom. The molecule has 0 radical (unpaired) electrons. The highest BCUT2D eigenvalue weighted by Gasteiger charge is 2.08. The molecular weight excluding hydrogens is 272 g/mol. The van der Waals surface area contributed by atoms with Crippen LogP contribution in [0, 0.1) is 13.8 Å². The summed E-state index contributed by atoms with van der Waals surface area (Å²) in [7, 11) is 0. The van der Waals surface area contributed by atoms with Gasteiger partial charge in [0.1, 0.15) is 18.2 Å². The second-order valence-corrected chi connectivity index (χ2v) is 5.62. The zero-order valence-electron chi connectivity index (χ0n) is 13.5. The molecule has 1 aromatic heterocycles. The van der Waals surface area contributed by atoms with E-state index in [1.807, 2.05) is 12.1 Å². The van der Waals surface area contributed by atoms with Gasteiger partial charge < -0.3 is 9.30 Å². The largest absolute Gasteiger partial charge is 0.492 e. The van der Waals surface area contributed by atoms with Gasteiger partial charge in [0.25, 0.3) is 0 Å². The lowest BCUT2D eigenvalue weighted by Crippen LogP contribution is -2.11. The predicted octanol–water partition coefficient (Wildman–Crippen LogP) is 4.29. The molecule has 3 rings (SSSR count). The van der Waals surface area contributed by atoms with Crippen LogP contribution in [0.2, 0.25) is 0 Å². The van der Waals surface area contributed by atoms with Crippen LogP contribution in [-0.4, -0.2) is 16.2 Å². The van der Waals surface area contributed by atoms with E-state index in [2.05, 4.69) is 60.7 Å². The van der Waals surface area contributed by atoms with Gasteiger partial charge in [-0.25, -0.2) is 4.98 Å². The number of fused-ring (bicyclic) bond motifs is 1. The van der Waals surface area contributed by atoms with Gasteiger partial charge in [-0.2, -0.15) is 0 Å². The molecule has 2 aromatic carbocycles. The quantitative estimate of drug-likeness (QED) is 0.701. The van der Waals surface area contributed by atoms with Crippen LogP contribution in [0.4, 0.5) is 0 Å². The number of para-hydroxylation sites is 2. The maximum atomic E-state index is 5.91. The summed E-state index contributed by atoms with van der Waals surface area (Å²) >= 11 is 0. The number of hydrogen-bond acceptors (Lipinski definition) is 2. The molecular formula is C19H22N2O. The minimum atomic E-state index is 0.649. The first-order valence-corrected chi connectivity index (χ1v) is 7.83. The molecule has 0 amide bonds. The molecule has 0 N–H and O–H groups in total. The summed E-state index contributed by atoms with van der Waals surface area (Å²) in [4.78, 5) is 4.69. The third-order valence-corrected chi connectivity index (χ3v) is 4.11. The van der Waals surface area contributed by atoms with Crippen molar-refractivity contribution in [3.8, 4) is 5.75 Å². The maximum absolute atomic E-state index is 5.91. The minimum Gasteiger partial charge on any atom is -0.492 e. The van der Waals surface area contributed by atoms with E-state index >= 15 is 0 Å². The summed E-state index contributed by atoms with van der Waals surface area (Å²) in [5.41, 5.74) is 4.80. The Balaban J connectivity index is 1.74. The molecule has 0 saturated carbocycles. The highest BCUT2D eigenvalue weighted by molar-refractivity contribution is 5.75. The predicted molar refractivity (Wildman–Crippen MR) is 90.5 cm³/mol. The van der Waals surface area contributed by atoms with Gasteiger partial charge in [-0.1, -0.05) is 25.1 Å². The van der Waals surface area contributed by atoms with Gasteiger partial charge in [0.2, 0.25) is 0 Å². The van der Waals surface area contributed by atoms with Crippen molar-refractivity contribution in [1.29, 1.82) is 0 Å². The van der Waals surface area contributed by atoms with E-state index in [-0.39, 0.29) is 0 Å². The SMILES string of the molecule is CCc1nc2ccccc2n1CCOc1ccc(C)c(C)c1. The molecule has 3 aromatic rings. The highest BCUT2D eigenvalue weighted by Crippen LogP contribution is 2.18. The van der Waals surface area contributed by atoms with Crippen molar-refractivity contribution in [3.05, 3.63) is 59.4 Å². The van der Waals surface area contributed by atoms with Crippen molar-refractivity contribution in [2.75, 3.05) is 6.61 Å². The number of benzene rings is 2. The van der Waals surface area contributed by atoms with E-state index in [0.29, 0.717) is 6.61 Å². The van der Waals surface area contributed by atoms with E-state index in [1.165, 1.54) is 16.6 Å². The van der Waals surface area contributed by atoms with Crippen LogP contribution in [0.5, 0.6) is 5.75 Å². The van der Waals surface area contributed by atoms with Gasteiger partial charge in [-0.3, -0.25) is 0 Å². The number of rotatable bonds is 5. The molecule has 0 atom stereocenters. The number of hydrogen-bond donors (Lipinski definition) is 0. The summed E-state index contributed by atoms with van der Waals surface area (Å²) in [5, 5.41) is 0. The summed E-state index contributed by atoms with van der Waals surface area (Å²) in [6.45, 7) is 7.83. The van der Waals surface area contributed by atoms with Gasteiger partial charge in [-0.15, -0.1) is 0 Å². The molecule has 0 unspecified atom stereocenters. The van der Waals surface area contributed by atoms with Crippen molar-refractivity contribution in [1.82, 2.24) is 9.55 Å². The normalized spacial score (nSPS) is 11.0. The van der Waals surface area contributed by atoms with Gasteiger partial charge in [0.15, 0.2) is 0 Å². The fourth-order valence-electron chi connectivity index (χ4n) is 2.70. The molecule has 0 fully saturated rings. The van der Waals surface area contributed by atoms with E-state index in [1.54, 1.807) is 0 Å². The number of aromatic nitrogens is 2. The molecule has 0 aliphatic carbocycles. The zero-order valence-corrected chi connectivity index (χ0v) is 13.5. The second kappa shape index (κ2) is 6.22. The molecule has 0 saturated heterocycles. The molecule has 114 valence electrons. The summed E-state index contributed by atoms with van der Waals surface area (Å²) < 4.78 is 8.18. The Morgan fingerprint density at radius 2 is 1.86 bits per heavy atom. The van der Waals surface area contributed by atoms with Crippen molar-refractivity contribution >= 4 is 11.0 Å². The van der Waals surface area contributed by atoms with Crippen LogP contribution in [0.1, 0.15) is 23.9 Å². The summed E-state index contributed by atoms with van der Waals surface area (Å²) in [6, 6.07) is 14.5. The van der Waals surface area contributed by atoms with E-state index < -0.39 is 0 Å². The molecule has 0 spiro atoms. The van der Waals surface area contributed by atoms with Gasteiger partial charge >= 0.3 is 0 Å². The Morgan fingerprint density at radius 3 is 2.64 bits per heavy atom. The lowest BCUT2D eigenvalue weighted by atomic mass is 10.1.